The molecule has 0 amide bonds. The van der Waals surface area contributed by atoms with E-state index in [0.717, 1.165) is 41.3 Å². The van der Waals surface area contributed by atoms with Crippen molar-refractivity contribution in [1.29, 1.82) is 0 Å². The van der Waals surface area contributed by atoms with Gasteiger partial charge >= 0.3 is 0 Å². The number of hydrogen-bond donors (Lipinski definition) is 1. The van der Waals surface area contributed by atoms with Crippen LogP contribution in [0, 0.1) is 6.92 Å². The molecule has 2 nitrogen and oxygen atoms in total. The summed E-state index contributed by atoms with van der Waals surface area (Å²) in [5.41, 5.74) is 22.0. The molecular weight excluding hydrogens is 725 g/mol. The molecule has 8 aromatic rings. The Bertz CT molecular complexity index is 2880. The SMILES string of the molecule is Cc1cccc(N(c2ccc(-c3ccc(-c4ccccc4)cc3)cc2)c2ccc3c(c2)C(C)(C)c2cc(Nc4ccc(-c5ccc(C6=CC=CCC6)cc5)cc4)ccc2-3)c1. The maximum absolute atomic E-state index is 3.71. The third kappa shape index (κ3) is 7.16. The van der Waals surface area contributed by atoms with E-state index in [0.29, 0.717) is 0 Å². The van der Waals surface area contributed by atoms with Gasteiger partial charge in [-0.3, -0.25) is 0 Å². The van der Waals surface area contributed by atoms with E-state index in [2.05, 4.69) is 237 Å². The number of aryl methyl sites for hydroxylation is 1. The van der Waals surface area contributed by atoms with Crippen LogP contribution in [0.4, 0.5) is 28.4 Å². The van der Waals surface area contributed by atoms with Gasteiger partial charge in [0.25, 0.3) is 0 Å². The highest BCUT2D eigenvalue weighted by atomic mass is 15.1. The fraction of sp³-hybridized carbons (Fsp3) is 0.103. The molecule has 0 heterocycles. The smallest absolute Gasteiger partial charge is 0.0465 e. The van der Waals surface area contributed by atoms with Crippen LogP contribution in [-0.2, 0) is 5.41 Å². The average molecular weight is 773 g/mol. The molecule has 0 bridgehead atoms. The number of nitrogens with zero attached hydrogens (tertiary/aromatic N) is 1. The average Bonchev–Trinajstić information content (AvgIpc) is 3.52. The molecule has 0 radical (unpaired) electrons. The van der Waals surface area contributed by atoms with Gasteiger partial charge in [-0.2, -0.15) is 0 Å². The van der Waals surface area contributed by atoms with Crippen molar-refractivity contribution in [3.63, 3.8) is 0 Å². The second-order valence-electron chi connectivity index (χ2n) is 16.7. The molecule has 2 heteroatoms. The van der Waals surface area contributed by atoms with E-state index in [1.807, 2.05) is 0 Å². The number of benzene rings is 8. The lowest BCUT2D eigenvalue weighted by molar-refractivity contribution is 0.660. The zero-order chi connectivity index (χ0) is 40.6. The number of hydrogen-bond acceptors (Lipinski definition) is 2. The van der Waals surface area contributed by atoms with Gasteiger partial charge in [0, 0.05) is 33.9 Å². The highest BCUT2D eigenvalue weighted by Crippen LogP contribution is 2.51. The van der Waals surface area contributed by atoms with Crippen molar-refractivity contribution in [3.8, 4) is 44.5 Å². The minimum absolute atomic E-state index is 0.188. The van der Waals surface area contributed by atoms with Crippen molar-refractivity contribution in [1.82, 2.24) is 0 Å². The van der Waals surface area contributed by atoms with E-state index < -0.39 is 0 Å². The molecule has 290 valence electrons. The summed E-state index contributed by atoms with van der Waals surface area (Å²) in [5.74, 6) is 0. The number of rotatable bonds is 9. The van der Waals surface area contributed by atoms with E-state index in [1.165, 1.54) is 72.3 Å². The van der Waals surface area contributed by atoms with Crippen LogP contribution >= 0.6 is 0 Å². The van der Waals surface area contributed by atoms with Gasteiger partial charge in [-0.1, -0.05) is 159 Å². The van der Waals surface area contributed by atoms with Crippen molar-refractivity contribution < 1.29 is 0 Å². The number of allylic oxidation sites excluding steroid dienone is 4. The molecule has 10 rings (SSSR count). The predicted octanol–water partition coefficient (Wildman–Crippen LogP) is 16.2. The van der Waals surface area contributed by atoms with E-state index in [9.17, 15) is 0 Å². The molecule has 0 saturated carbocycles. The zero-order valence-electron chi connectivity index (χ0n) is 34.5. The minimum atomic E-state index is -0.188. The van der Waals surface area contributed by atoms with Crippen molar-refractivity contribution in [2.75, 3.05) is 10.2 Å². The summed E-state index contributed by atoms with van der Waals surface area (Å²) in [4.78, 5) is 2.39. The van der Waals surface area contributed by atoms with E-state index in [1.54, 1.807) is 0 Å². The summed E-state index contributed by atoms with van der Waals surface area (Å²) in [6.07, 6.45) is 8.88. The Kier molecular flexibility index (Phi) is 9.62. The Hall–Kier alpha value is -7.16. The van der Waals surface area contributed by atoms with Crippen LogP contribution in [0.3, 0.4) is 0 Å². The quantitative estimate of drug-likeness (QED) is 0.157. The third-order valence-corrected chi connectivity index (χ3v) is 12.4. The van der Waals surface area contributed by atoms with Gasteiger partial charge in [0.05, 0.1) is 0 Å². The van der Waals surface area contributed by atoms with E-state index in [-0.39, 0.29) is 5.41 Å². The van der Waals surface area contributed by atoms with Crippen molar-refractivity contribution in [2.45, 2.75) is 39.0 Å². The molecule has 0 aromatic heterocycles. The first-order valence-corrected chi connectivity index (χ1v) is 21.1. The van der Waals surface area contributed by atoms with Gasteiger partial charge in [0.15, 0.2) is 0 Å². The van der Waals surface area contributed by atoms with Crippen LogP contribution in [0.15, 0.2) is 206 Å². The minimum Gasteiger partial charge on any atom is -0.356 e. The molecule has 1 N–H and O–H groups in total. The second-order valence-corrected chi connectivity index (χ2v) is 16.7. The van der Waals surface area contributed by atoms with E-state index in [4.69, 9.17) is 0 Å². The van der Waals surface area contributed by atoms with Gasteiger partial charge in [-0.05, 0) is 153 Å². The Labute approximate surface area is 354 Å². The Morgan fingerprint density at radius 3 is 1.58 bits per heavy atom. The molecular formula is C58H48N2. The van der Waals surface area contributed by atoms with Crippen LogP contribution in [0.25, 0.3) is 50.1 Å². The van der Waals surface area contributed by atoms with Gasteiger partial charge < -0.3 is 10.2 Å². The van der Waals surface area contributed by atoms with Gasteiger partial charge in [0.2, 0.25) is 0 Å². The highest BCUT2D eigenvalue weighted by molar-refractivity contribution is 5.87. The molecule has 0 fully saturated rings. The second kappa shape index (κ2) is 15.5. The molecule has 0 unspecified atom stereocenters. The zero-order valence-corrected chi connectivity index (χ0v) is 34.5. The van der Waals surface area contributed by atoms with Crippen molar-refractivity contribution in [3.05, 3.63) is 229 Å². The molecule has 60 heavy (non-hydrogen) atoms. The first kappa shape index (κ1) is 37.1. The normalized spacial score (nSPS) is 13.6. The number of anilines is 5. The first-order valence-electron chi connectivity index (χ1n) is 21.1. The fourth-order valence-electron chi connectivity index (χ4n) is 9.08. The molecule has 0 atom stereocenters. The standard InChI is InChI=1S/C58H48N2/c1-40-11-10-16-52(37-40)60(51-32-27-48(28-33-51)46-23-19-44(20-24-46)42-14-8-5-9-15-42)53-34-36-55-54-35-31-50(38-56(54)58(2,3)57(55)39-53)59-49-29-25-47(26-30-49)45-21-17-43(18-22-45)41-12-6-4-7-13-41/h4-6,8-12,14-39,59H,7,13H2,1-3H3. The largest absolute Gasteiger partial charge is 0.356 e. The lowest BCUT2D eigenvalue weighted by atomic mass is 9.82. The summed E-state index contributed by atoms with van der Waals surface area (Å²) >= 11 is 0. The Morgan fingerprint density at radius 2 is 0.967 bits per heavy atom. The molecule has 0 spiro atoms. The summed E-state index contributed by atoms with van der Waals surface area (Å²) in [6.45, 7) is 6.89. The molecule has 2 aliphatic rings. The van der Waals surface area contributed by atoms with Crippen LogP contribution in [0.1, 0.15) is 48.9 Å². The van der Waals surface area contributed by atoms with Crippen LogP contribution in [0.2, 0.25) is 0 Å². The topological polar surface area (TPSA) is 15.3 Å². The monoisotopic (exact) mass is 772 g/mol. The third-order valence-electron chi connectivity index (χ3n) is 12.4. The van der Waals surface area contributed by atoms with Crippen molar-refractivity contribution >= 4 is 34.0 Å². The molecule has 0 aliphatic heterocycles. The van der Waals surface area contributed by atoms with Crippen LogP contribution < -0.4 is 10.2 Å². The Morgan fingerprint density at radius 1 is 0.450 bits per heavy atom. The Balaban J connectivity index is 0.902. The summed E-state index contributed by atoms with van der Waals surface area (Å²) < 4.78 is 0. The van der Waals surface area contributed by atoms with Crippen LogP contribution in [0.5, 0.6) is 0 Å². The first-order chi connectivity index (χ1) is 29.4. The van der Waals surface area contributed by atoms with Gasteiger partial charge in [0.1, 0.15) is 0 Å². The van der Waals surface area contributed by atoms with Crippen molar-refractivity contribution in [2.24, 2.45) is 0 Å². The number of nitrogens with one attached hydrogen (secondary N) is 1. The lowest BCUT2D eigenvalue weighted by Crippen LogP contribution is -2.17. The lowest BCUT2D eigenvalue weighted by Gasteiger charge is -2.28. The van der Waals surface area contributed by atoms with Gasteiger partial charge in [-0.25, -0.2) is 0 Å². The predicted molar refractivity (Wildman–Crippen MR) is 256 cm³/mol. The maximum Gasteiger partial charge on any atom is 0.0465 e. The summed E-state index contributed by atoms with van der Waals surface area (Å²) in [5, 5.41) is 3.71. The molecule has 0 saturated heterocycles. The summed E-state index contributed by atoms with van der Waals surface area (Å²) in [7, 11) is 0. The highest BCUT2D eigenvalue weighted by Gasteiger charge is 2.36. The summed E-state index contributed by atoms with van der Waals surface area (Å²) in [6, 6.07) is 68.9. The van der Waals surface area contributed by atoms with E-state index >= 15 is 0 Å². The van der Waals surface area contributed by atoms with Crippen LogP contribution in [-0.4, -0.2) is 0 Å². The fourth-order valence-corrected chi connectivity index (χ4v) is 9.08. The molecule has 2 aliphatic carbocycles. The number of fused-ring (bicyclic) bond motifs is 3. The maximum atomic E-state index is 3.71. The van der Waals surface area contributed by atoms with Gasteiger partial charge in [-0.15, -0.1) is 0 Å². The molecule has 8 aromatic carbocycles.